The number of carbonyl (C=O) groups is 1. The second-order valence-corrected chi connectivity index (χ2v) is 12.5. The van der Waals surface area contributed by atoms with Gasteiger partial charge in [-0.15, -0.1) is 33.4 Å². The van der Waals surface area contributed by atoms with E-state index >= 15 is 0 Å². The molecule has 2 aromatic carbocycles. The van der Waals surface area contributed by atoms with E-state index in [1.54, 1.807) is 36.4 Å². The van der Waals surface area contributed by atoms with E-state index in [1.165, 1.54) is 34.2 Å². The molecule has 1 unspecified atom stereocenters. The second-order valence-electron chi connectivity index (χ2n) is 10.1. The molecular formula is C28H27BrCl2F2N8O2. The van der Waals surface area contributed by atoms with Crippen molar-refractivity contribution in [3.05, 3.63) is 97.1 Å². The molecule has 0 radical (unpaired) electrons. The minimum Gasteiger partial charge on any atom is -0.381 e. The first-order valence-corrected chi connectivity index (χ1v) is 14.5. The van der Waals surface area contributed by atoms with Gasteiger partial charge in [0.25, 0.3) is 0 Å². The van der Waals surface area contributed by atoms with Gasteiger partial charge in [-0.1, -0.05) is 65.5 Å². The summed E-state index contributed by atoms with van der Waals surface area (Å²) in [6, 6.07) is 12.7. The van der Waals surface area contributed by atoms with Gasteiger partial charge in [-0.25, -0.2) is 18.1 Å². The molecule has 2 heterocycles. The van der Waals surface area contributed by atoms with Gasteiger partial charge >= 0.3 is 0 Å². The molecular weight excluding hydrogens is 669 g/mol. The number of benzene rings is 2. The van der Waals surface area contributed by atoms with Crippen molar-refractivity contribution < 1.29 is 18.7 Å². The number of halogens is 5. The number of tetrazole rings is 2. The monoisotopic (exact) mass is 694 g/mol. The van der Waals surface area contributed by atoms with Crippen molar-refractivity contribution in [3.63, 3.8) is 0 Å². The average molecular weight is 696 g/mol. The van der Waals surface area contributed by atoms with Gasteiger partial charge in [0.2, 0.25) is 0 Å². The summed E-state index contributed by atoms with van der Waals surface area (Å²) < 4.78 is 30.1. The zero-order chi connectivity index (χ0) is 31.3. The highest BCUT2D eigenvalue weighted by atomic mass is 79.9. The fourth-order valence-corrected chi connectivity index (χ4v) is 4.80. The van der Waals surface area contributed by atoms with Crippen LogP contribution in [0.25, 0.3) is 10.1 Å². The number of aliphatic hydroxyl groups is 1. The van der Waals surface area contributed by atoms with E-state index in [0.29, 0.717) is 22.9 Å². The average Bonchev–Trinajstić information content (AvgIpc) is 3.76. The van der Waals surface area contributed by atoms with E-state index in [4.69, 9.17) is 23.2 Å². The molecule has 6 rings (SSSR count). The molecule has 2 fully saturated rings. The topological polar surface area (TPSA) is 125 Å². The third kappa shape index (κ3) is 7.96. The first-order chi connectivity index (χ1) is 20.4. The molecule has 0 amide bonds. The highest BCUT2D eigenvalue weighted by Crippen LogP contribution is 2.56. The number of rotatable bonds is 9. The molecule has 15 heteroatoms. The molecule has 1 atom stereocenters. The third-order valence-electron chi connectivity index (χ3n) is 6.96. The van der Waals surface area contributed by atoms with Crippen molar-refractivity contribution in [2.45, 2.75) is 54.1 Å². The normalized spacial score (nSPS) is 16.8. The molecule has 2 aliphatic rings. The number of alkyl halides is 2. The van der Waals surface area contributed by atoms with Crippen LogP contribution in [0.1, 0.15) is 36.8 Å². The van der Waals surface area contributed by atoms with Crippen LogP contribution >= 0.6 is 39.1 Å². The lowest BCUT2D eigenvalue weighted by Crippen LogP contribution is -2.46. The van der Waals surface area contributed by atoms with Crippen molar-refractivity contribution in [1.29, 1.82) is 0 Å². The molecule has 43 heavy (non-hydrogen) atoms. The summed E-state index contributed by atoms with van der Waals surface area (Å²) in [6.45, 7) is 7.65. The van der Waals surface area contributed by atoms with E-state index < -0.39 is 21.2 Å². The van der Waals surface area contributed by atoms with Crippen LogP contribution < -0.4 is 0 Å². The fourth-order valence-electron chi connectivity index (χ4n) is 4.06. The molecule has 2 aromatic heterocycles. The van der Waals surface area contributed by atoms with E-state index in [2.05, 4.69) is 60.1 Å². The molecule has 4 aromatic rings. The van der Waals surface area contributed by atoms with Gasteiger partial charge in [-0.3, -0.25) is 4.79 Å². The molecule has 2 saturated carbocycles. The second kappa shape index (κ2) is 13.5. The van der Waals surface area contributed by atoms with Crippen LogP contribution in [0.15, 0.2) is 74.3 Å². The smallest absolute Gasteiger partial charge is 0.175 e. The van der Waals surface area contributed by atoms with Gasteiger partial charge in [-0.05, 0) is 64.2 Å². The molecule has 0 bridgehead atoms. The fraction of sp³-hybridized carbons (Fsp3) is 0.321. The van der Waals surface area contributed by atoms with Crippen LogP contribution in [0.3, 0.4) is 0 Å². The predicted octanol–water partition coefficient (Wildman–Crippen LogP) is 5.23. The maximum atomic E-state index is 14.0. The van der Waals surface area contributed by atoms with E-state index in [9.17, 15) is 18.7 Å². The Balaban J connectivity index is 0.000000163. The number of Topliss-reactive ketones (excluding diaryl/α,β-unsaturated/α-hetero) is 1. The first kappa shape index (κ1) is 32.5. The summed E-state index contributed by atoms with van der Waals surface area (Å²) in [5, 5.41) is 32.3. The summed E-state index contributed by atoms with van der Waals surface area (Å²) in [4.78, 5) is 9.88. The molecule has 0 spiro atoms. The summed E-state index contributed by atoms with van der Waals surface area (Å²) in [6.07, 6.45) is 5.58. The molecule has 2 aliphatic carbocycles. The summed E-state index contributed by atoms with van der Waals surface area (Å²) in [5.41, 5.74) is -0.516. The number of hydrogen-bond acceptors (Lipinski definition) is 8. The Morgan fingerprint density at radius 2 is 1.42 bits per heavy atom. The minimum atomic E-state index is -1.52. The number of hydrogen-bond donors (Lipinski definition) is 1. The van der Waals surface area contributed by atoms with E-state index in [-0.39, 0.29) is 35.8 Å². The van der Waals surface area contributed by atoms with Gasteiger partial charge in [0, 0.05) is 15.6 Å². The summed E-state index contributed by atoms with van der Waals surface area (Å²) in [7, 11) is 0. The standard InChI is InChI=1S/C14H14ClFN4O.C8H6BrF.C6H7ClN4O/c1-10(11-4-2-3-5-12(11)16)14(21,13(15)6-7-13)8-20-9-17-18-19-20;1-6(9)7-4-2-3-5-8(7)10;7-6(1-2-6)5(12)3-11-4-8-9-10-11/h2-5,9,21H,1,6-8H2;2-5H,1H2;4H,1-3H2. The van der Waals surface area contributed by atoms with Crippen molar-refractivity contribution >= 4 is 55.0 Å². The maximum absolute atomic E-state index is 14.0. The van der Waals surface area contributed by atoms with Gasteiger partial charge in [0.05, 0.1) is 11.4 Å². The van der Waals surface area contributed by atoms with Gasteiger partial charge < -0.3 is 5.11 Å². The van der Waals surface area contributed by atoms with Crippen LogP contribution in [-0.2, 0) is 17.9 Å². The van der Waals surface area contributed by atoms with Crippen LogP contribution in [0.4, 0.5) is 8.78 Å². The Hall–Kier alpha value is -3.39. The lowest BCUT2D eigenvalue weighted by molar-refractivity contribution is -0.120. The van der Waals surface area contributed by atoms with Crippen LogP contribution in [0, 0.1) is 11.6 Å². The van der Waals surface area contributed by atoms with Crippen molar-refractivity contribution in [1.82, 2.24) is 40.4 Å². The zero-order valence-electron chi connectivity index (χ0n) is 22.8. The number of nitrogens with zero attached hydrogens (tertiary/aromatic N) is 8. The summed E-state index contributed by atoms with van der Waals surface area (Å²) >= 11 is 15.4. The van der Waals surface area contributed by atoms with Crippen molar-refractivity contribution in [2.75, 3.05) is 0 Å². The van der Waals surface area contributed by atoms with Crippen molar-refractivity contribution in [2.24, 2.45) is 0 Å². The Morgan fingerprint density at radius 3 is 1.84 bits per heavy atom. The predicted molar refractivity (Wildman–Crippen MR) is 161 cm³/mol. The largest absolute Gasteiger partial charge is 0.381 e. The van der Waals surface area contributed by atoms with Gasteiger partial charge in [0.1, 0.15) is 41.3 Å². The Labute approximate surface area is 264 Å². The molecule has 10 nitrogen and oxygen atoms in total. The maximum Gasteiger partial charge on any atom is 0.175 e. The van der Waals surface area contributed by atoms with Crippen LogP contribution in [0.5, 0.6) is 0 Å². The first-order valence-electron chi connectivity index (χ1n) is 13.0. The quantitative estimate of drug-likeness (QED) is 0.236. The third-order valence-corrected chi connectivity index (χ3v) is 8.67. The number of ketones is 1. The highest BCUT2D eigenvalue weighted by molar-refractivity contribution is 9.15. The zero-order valence-corrected chi connectivity index (χ0v) is 25.9. The molecule has 226 valence electrons. The highest BCUT2D eigenvalue weighted by Gasteiger charge is 2.60. The van der Waals surface area contributed by atoms with Gasteiger partial charge in [-0.2, -0.15) is 0 Å². The Kier molecular flexibility index (Phi) is 10.2. The Bertz CT molecular complexity index is 1580. The summed E-state index contributed by atoms with van der Waals surface area (Å²) in [5.74, 6) is -0.695. The number of aromatic nitrogens is 8. The SMILES string of the molecule is C=C(Br)c1ccccc1F.C=C(c1ccccc1F)C(O)(Cn1cnnn1)C1(Cl)CC1.O=C(Cn1cnnn1)C1(Cl)CC1. The lowest BCUT2D eigenvalue weighted by Gasteiger charge is -2.35. The molecule has 1 N–H and O–H groups in total. The van der Waals surface area contributed by atoms with Crippen LogP contribution in [-0.4, -0.2) is 66.7 Å². The van der Waals surface area contributed by atoms with Crippen molar-refractivity contribution in [3.8, 4) is 0 Å². The van der Waals surface area contributed by atoms with Crippen LogP contribution in [0.2, 0.25) is 0 Å². The molecule has 0 saturated heterocycles. The van der Waals surface area contributed by atoms with E-state index in [0.717, 1.165) is 12.8 Å². The Morgan fingerprint density at radius 1 is 0.907 bits per heavy atom. The van der Waals surface area contributed by atoms with Gasteiger partial charge in [0.15, 0.2) is 5.78 Å². The minimum absolute atomic E-state index is 0.00327. The lowest BCUT2D eigenvalue weighted by atomic mass is 9.84. The van der Waals surface area contributed by atoms with E-state index in [1.807, 2.05) is 0 Å². The number of carbonyl (C=O) groups excluding carboxylic acids is 1. The molecule has 0 aliphatic heterocycles.